The van der Waals surface area contributed by atoms with Gasteiger partial charge in [0.15, 0.2) is 35.9 Å². The van der Waals surface area contributed by atoms with Crippen LogP contribution in [-0.4, -0.2) is 48.6 Å². The number of hydrogen-bond acceptors (Lipinski definition) is 6. The topological polar surface area (TPSA) is 63.2 Å². The zero-order valence-electron chi connectivity index (χ0n) is 11.0. The Balaban J connectivity index is 1.70. The molecule has 3 aliphatic heterocycles. The number of fused-ring (bicyclic) bond motifs is 1. The van der Waals surface area contributed by atoms with Crippen LogP contribution in [0, 0.1) is 0 Å². The second-order valence-electron chi connectivity index (χ2n) is 5.75. The molecule has 18 heavy (non-hydrogen) atoms. The van der Waals surface area contributed by atoms with Gasteiger partial charge in [-0.3, -0.25) is 4.79 Å². The van der Waals surface area contributed by atoms with Crippen LogP contribution < -0.4 is 0 Å². The van der Waals surface area contributed by atoms with Crippen LogP contribution in [-0.2, 0) is 28.5 Å². The van der Waals surface area contributed by atoms with Crippen molar-refractivity contribution in [3.63, 3.8) is 0 Å². The molecule has 0 aromatic rings. The molecule has 3 aliphatic rings. The second-order valence-corrected chi connectivity index (χ2v) is 5.75. The highest BCUT2D eigenvalue weighted by atomic mass is 16.8. The molecule has 3 fully saturated rings. The smallest absolute Gasteiger partial charge is 0.198 e. The van der Waals surface area contributed by atoms with Crippen LogP contribution in [0.4, 0.5) is 0 Å². The third kappa shape index (κ3) is 1.98. The van der Waals surface area contributed by atoms with Gasteiger partial charge in [0.25, 0.3) is 0 Å². The molecule has 3 rings (SSSR count). The Hall–Kier alpha value is -0.530. The summed E-state index contributed by atoms with van der Waals surface area (Å²) in [5, 5.41) is 0. The molecule has 4 atom stereocenters. The van der Waals surface area contributed by atoms with Crippen molar-refractivity contribution in [2.75, 3.05) is 6.61 Å². The molecule has 3 heterocycles. The quantitative estimate of drug-likeness (QED) is 0.685. The number of rotatable bonds is 1. The van der Waals surface area contributed by atoms with Crippen molar-refractivity contribution < 1.29 is 28.5 Å². The van der Waals surface area contributed by atoms with E-state index in [2.05, 4.69) is 0 Å². The minimum Gasteiger partial charge on any atom is -0.348 e. The van der Waals surface area contributed by atoms with E-state index in [0.717, 1.165) is 0 Å². The van der Waals surface area contributed by atoms with E-state index in [4.69, 9.17) is 23.7 Å². The van der Waals surface area contributed by atoms with Crippen LogP contribution in [0.15, 0.2) is 0 Å². The summed E-state index contributed by atoms with van der Waals surface area (Å²) < 4.78 is 27.7. The van der Waals surface area contributed by atoms with E-state index in [-0.39, 0.29) is 5.78 Å². The summed E-state index contributed by atoms with van der Waals surface area (Å²) in [6, 6.07) is 0. The monoisotopic (exact) mass is 258 g/mol. The molecule has 0 radical (unpaired) electrons. The zero-order valence-corrected chi connectivity index (χ0v) is 11.0. The van der Waals surface area contributed by atoms with Gasteiger partial charge in [-0.05, 0) is 27.7 Å². The molecular formula is C12H18O6. The van der Waals surface area contributed by atoms with Gasteiger partial charge in [-0.25, -0.2) is 0 Å². The van der Waals surface area contributed by atoms with Gasteiger partial charge in [0, 0.05) is 0 Å². The lowest BCUT2D eigenvalue weighted by Crippen LogP contribution is -2.39. The summed E-state index contributed by atoms with van der Waals surface area (Å²) in [6.45, 7) is 7.48. The molecule has 6 nitrogen and oxygen atoms in total. The lowest BCUT2D eigenvalue weighted by Gasteiger charge is -2.23. The Morgan fingerprint density at radius 3 is 2.28 bits per heavy atom. The van der Waals surface area contributed by atoms with Crippen LogP contribution in [0.2, 0.25) is 0 Å². The maximum absolute atomic E-state index is 12.2. The van der Waals surface area contributed by atoms with E-state index in [9.17, 15) is 4.79 Å². The van der Waals surface area contributed by atoms with Crippen LogP contribution in [0.5, 0.6) is 0 Å². The number of carbonyl (C=O) groups is 1. The Morgan fingerprint density at radius 2 is 1.72 bits per heavy atom. The number of ether oxygens (including phenoxy) is 5. The molecule has 0 aromatic carbocycles. The number of ketones is 1. The van der Waals surface area contributed by atoms with Gasteiger partial charge in [0.2, 0.25) is 0 Å². The van der Waals surface area contributed by atoms with Gasteiger partial charge in [-0.1, -0.05) is 0 Å². The van der Waals surface area contributed by atoms with Crippen molar-refractivity contribution >= 4 is 5.78 Å². The first kappa shape index (κ1) is 12.5. The Morgan fingerprint density at radius 1 is 1.00 bits per heavy atom. The third-order valence-corrected chi connectivity index (χ3v) is 3.27. The molecule has 0 N–H and O–H groups in total. The molecule has 102 valence electrons. The fraction of sp³-hybridized carbons (Fsp3) is 0.917. The summed E-state index contributed by atoms with van der Waals surface area (Å²) in [5.41, 5.74) is 0. The van der Waals surface area contributed by atoms with Crippen LogP contribution in [0.25, 0.3) is 0 Å². The Bertz CT molecular complexity index is 377. The molecule has 0 saturated carbocycles. The van der Waals surface area contributed by atoms with E-state index in [1.807, 2.05) is 13.8 Å². The normalized spacial score (nSPS) is 45.4. The second kappa shape index (κ2) is 3.74. The zero-order chi connectivity index (χ0) is 13.1. The highest BCUT2D eigenvalue weighted by Crippen LogP contribution is 2.38. The Labute approximate surface area is 105 Å². The summed E-state index contributed by atoms with van der Waals surface area (Å²) in [7, 11) is 0. The van der Waals surface area contributed by atoms with Crippen molar-refractivity contribution in [2.24, 2.45) is 0 Å². The number of hydrogen-bond donors (Lipinski definition) is 0. The van der Waals surface area contributed by atoms with Gasteiger partial charge in [0.05, 0.1) is 6.61 Å². The predicted molar refractivity (Wildman–Crippen MR) is 58.6 cm³/mol. The third-order valence-electron chi connectivity index (χ3n) is 3.27. The highest BCUT2D eigenvalue weighted by Gasteiger charge is 2.57. The molecule has 0 spiro atoms. The van der Waals surface area contributed by atoms with E-state index in [1.54, 1.807) is 13.8 Å². The SMILES string of the molecule is CC1(C)OCC([C@H]2OC3OC(C)(C)O[C@@H]3C2=O)O1. The molecule has 0 aromatic heterocycles. The fourth-order valence-electron chi connectivity index (χ4n) is 2.53. The molecule has 2 unspecified atom stereocenters. The van der Waals surface area contributed by atoms with Gasteiger partial charge in [-0.2, -0.15) is 0 Å². The maximum Gasteiger partial charge on any atom is 0.198 e. The van der Waals surface area contributed by atoms with Crippen molar-refractivity contribution in [2.45, 2.75) is 63.9 Å². The summed E-state index contributed by atoms with van der Waals surface area (Å²) in [4.78, 5) is 12.2. The summed E-state index contributed by atoms with van der Waals surface area (Å²) >= 11 is 0. The van der Waals surface area contributed by atoms with Crippen LogP contribution in [0.3, 0.4) is 0 Å². The lowest BCUT2D eigenvalue weighted by molar-refractivity contribution is -0.219. The van der Waals surface area contributed by atoms with Crippen molar-refractivity contribution in [1.82, 2.24) is 0 Å². The van der Waals surface area contributed by atoms with Gasteiger partial charge >= 0.3 is 0 Å². The number of carbonyl (C=O) groups excluding carboxylic acids is 1. The van der Waals surface area contributed by atoms with Gasteiger partial charge < -0.3 is 23.7 Å². The lowest BCUT2D eigenvalue weighted by atomic mass is 10.1. The molecule has 0 amide bonds. The standard InChI is InChI=1S/C12H18O6/c1-11(2)14-5-6(16-11)8-7(13)9-10(15-8)18-12(3,4)17-9/h6,8-10H,5H2,1-4H3/t6?,8-,9-,10?/m1/s1. The Kier molecular flexibility index (Phi) is 2.60. The first-order chi connectivity index (χ1) is 8.27. The minimum atomic E-state index is -0.776. The van der Waals surface area contributed by atoms with E-state index < -0.39 is 36.2 Å². The van der Waals surface area contributed by atoms with Crippen molar-refractivity contribution in [3.05, 3.63) is 0 Å². The number of Topliss-reactive ketones (excluding diaryl/α,β-unsaturated/α-hetero) is 1. The first-order valence-corrected chi connectivity index (χ1v) is 6.14. The molecule has 0 bridgehead atoms. The molecule has 6 heteroatoms. The fourth-order valence-corrected chi connectivity index (χ4v) is 2.53. The van der Waals surface area contributed by atoms with Crippen molar-refractivity contribution in [3.8, 4) is 0 Å². The molecule has 0 aliphatic carbocycles. The van der Waals surface area contributed by atoms with Crippen LogP contribution >= 0.6 is 0 Å². The van der Waals surface area contributed by atoms with Gasteiger partial charge in [0.1, 0.15) is 6.10 Å². The van der Waals surface area contributed by atoms with E-state index >= 15 is 0 Å². The molecular weight excluding hydrogens is 240 g/mol. The van der Waals surface area contributed by atoms with E-state index in [1.165, 1.54) is 0 Å². The highest BCUT2D eigenvalue weighted by molar-refractivity contribution is 5.90. The van der Waals surface area contributed by atoms with Crippen LogP contribution in [0.1, 0.15) is 27.7 Å². The maximum atomic E-state index is 12.2. The van der Waals surface area contributed by atoms with Gasteiger partial charge in [-0.15, -0.1) is 0 Å². The average Bonchev–Trinajstić information content (AvgIpc) is 2.81. The largest absolute Gasteiger partial charge is 0.348 e. The summed E-state index contributed by atoms with van der Waals surface area (Å²) in [6.07, 6.45) is -2.35. The van der Waals surface area contributed by atoms with Crippen molar-refractivity contribution in [1.29, 1.82) is 0 Å². The first-order valence-electron chi connectivity index (χ1n) is 6.14. The minimum absolute atomic E-state index is 0.128. The average molecular weight is 258 g/mol. The molecule has 3 saturated heterocycles. The predicted octanol–water partition coefficient (Wildman–Crippen LogP) is 0.583. The summed E-state index contributed by atoms with van der Waals surface area (Å²) in [5.74, 6) is -1.58. The van der Waals surface area contributed by atoms with E-state index in [0.29, 0.717) is 6.61 Å².